The highest BCUT2D eigenvalue weighted by molar-refractivity contribution is 7.17. The monoisotopic (exact) mass is 317 g/mol. The molecule has 5 heteroatoms. The zero-order valence-electron chi connectivity index (χ0n) is 12.1. The second kappa shape index (κ2) is 5.62. The summed E-state index contributed by atoms with van der Waals surface area (Å²) in [6.45, 7) is 4.39. The predicted octanol–water partition coefficient (Wildman–Crippen LogP) is 5.18. The third kappa shape index (κ3) is 2.61. The average Bonchev–Trinajstić information content (AvgIpc) is 2.91. The maximum absolute atomic E-state index is 6.33. The molecule has 1 aromatic carbocycles. The van der Waals surface area contributed by atoms with Crippen LogP contribution in [-0.2, 0) is 0 Å². The number of nitrogens with zero attached hydrogens (tertiary/aromatic N) is 2. The molecule has 0 unspecified atom stereocenters. The number of rotatable bonds is 3. The Labute approximate surface area is 133 Å². The van der Waals surface area contributed by atoms with E-state index in [0.717, 1.165) is 21.3 Å². The summed E-state index contributed by atoms with van der Waals surface area (Å²) in [4.78, 5) is 9.64. The van der Waals surface area contributed by atoms with Crippen LogP contribution in [0.3, 0.4) is 0 Å². The summed E-state index contributed by atoms with van der Waals surface area (Å²) in [6, 6.07) is 8.61. The lowest BCUT2D eigenvalue weighted by Gasteiger charge is -2.07. The maximum atomic E-state index is 6.33. The SMILES string of the molecule is CNc1nc(Cl)c2c(-c3ccc(C(C)C)cc3)csc2n1. The number of benzene rings is 1. The minimum Gasteiger partial charge on any atom is -0.357 e. The van der Waals surface area contributed by atoms with Gasteiger partial charge in [-0.2, -0.15) is 0 Å². The largest absolute Gasteiger partial charge is 0.357 e. The summed E-state index contributed by atoms with van der Waals surface area (Å²) < 4.78 is 0. The molecule has 1 N–H and O–H groups in total. The van der Waals surface area contributed by atoms with Crippen molar-refractivity contribution in [3.63, 3.8) is 0 Å². The number of aromatic nitrogens is 2. The second-order valence-electron chi connectivity index (χ2n) is 5.19. The second-order valence-corrected chi connectivity index (χ2v) is 6.41. The normalized spacial score (nSPS) is 11.3. The van der Waals surface area contributed by atoms with Crippen LogP contribution in [0.15, 0.2) is 29.6 Å². The molecule has 2 aromatic heterocycles. The number of fused-ring (bicyclic) bond motifs is 1. The maximum Gasteiger partial charge on any atom is 0.225 e. The van der Waals surface area contributed by atoms with Gasteiger partial charge in [-0.1, -0.05) is 49.7 Å². The van der Waals surface area contributed by atoms with Gasteiger partial charge in [-0.3, -0.25) is 0 Å². The smallest absolute Gasteiger partial charge is 0.225 e. The van der Waals surface area contributed by atoms with Crippen LogP contribution >= 0.6 is 22.9 Å². The molecule has 0 aliphatic rings. The third-order valence-corrected chi connectivity index (χ3v) is 4.65. The van der Waals surface area contributed by atoms with E-state index in [1.807, 2.05) is 0 Å². The van der Waals surface area contributed by atoms with Gasteiger partial charge in [0.2, 0.25) is 5.95 Å². The molecule has 3 nitrogen and oxygen atoms in total. The first-order chi connectivity index (χ1) is 10.1. The average molecular weight is 318 g/mol. The van der Waals surface area contributed by atoms with Crippen molar-refractivity contribution in [3.8, 4) is 11.1 Å². The van der Waals surface area contributed by atoms with E-state index in [1.165, 1.54) is 5.56 Å². The van der Waals surface area contributed by atoms with Gasteiger partial charge in [-0.25, -0.2) is 9.97 Å². The molecule has 3 aromatic rings. The number of anilines is 1. The molecule has 3 rings (SSSR count). The van der Waals surface area contributed by atoms with Gasteiger partial charge in [0.05, 0.1) is 5.39 Å². The molecule has 0 bridgehead atoms. The molecule has 0 spiro atoms. The van der Waals surface area contributed by atoms with Crippen LogP contribution < -0.4 is 5.32 Å². The fourth-order valence-electron chi connectivity index (χ4n) is 2.27. The van der Waals surface area contributed by atoms with E-state index in [-0.39, 0.29) is 0 Å². The Bertz CT molecular complexity index is 778. The van der Waals surface area contributed by atoms with Crippen molar-refractivity contribution in [3.05, 3.63) is 40.4 Å². The standard InChI is InChI=1S/C16H16ClN3S/c1-9(2)10-4-6-11(7-5-10)12-8-21-15-13(12)14(17)19-16(18-3)20-15/h4-9H,1-3H3,(H,18,19,20). The first-order valence-corrected chi connectivity index (χ1v) is 8.08. The van der Waals surface area contributed by atoms with Crippen LogP contribution in [0.25, 0.3) is 21.3 Å². The first-order valence-electron chi connectivity index (χ1n) is 6.83. The number of halogens is 1. The summed E-state index contributed by atoms with van der Waals surface area (Å²) >= 11 is 7.92. The Balaban J connectivity index is 2.12. The number of hydrogen-bond acceptors (Lipinski definition) is 4. The van der Waals surface area contributed by atoms with Crippen molar-refractivity contribution in [1.29, 1.82) is 0 Å². The van der Waals surface area contributed by atoms with Crippen LogP contribution in [0.2, 0.25) is 5.15 Å². The first kappa shape index (κ1) is 14.3. The van der Waals surface area contributed by atoms with Crippen molar-refractivity contribution < 1.29 is 0 Å². The number of hydrogen-bond donors (Lipinski definition) is 1. The van der Waals surface area contributed by atoms with Gasteiger partial charge in [-0.05, 0) is 17.0 Å². The zero-order valence-corrected chi connectivity index (χ0v) is 13.7. The Morgan fingerprint density at radius 1 is 1.14 bits per heavy atom. The molecule has 2 heterocycles. The van der Waals surface area contributed by atoms with Crippen LogP contribution in [0.1, 0.15) is 25.3 Å². The molecular weight excluding hydrogens is 302 g/mol. The molecule has 108 valence electrons. The van der Waals surface area contributed by atoms with Gasteiger partial charge >= 0.3 is 0 Å². The lowest BCUT2D eigenvalue weighted by atomic mass is 9.99. The Morgan fingerprint density at radius 3 is 2.48 bits per heavy atom. The summed E-state index contributed by atoms with van der Waals surface area (Å²) in [5.74, 6) is 1.08. The Kier molecular flexibility index (Phi) is 3.83. The molecule has 0 radical (unpaired) electrons. The fourth-order valence-corrected chi connectivity index (χ4v) is 3.55. The lowest BCUT2D eigenvalue weighted by Crippen LogP contribution is -1.96. The van der Waals surface area contributed by atoms with Crippen LogP contribution in [-0.4, -0.2) is 17.0 Å². The molecule has 0 aliphatic carbocycles. The van der Waals surface area contributed by atoms with Crippen molar-refractivity contribution in [1.82, 2.24) is 9.97 Å². The van der Waals surface area contributed by atoms with E-state index in [4.69, 9.17) is 11.6 Å². The van der Waals surface area contributed by atoms with Crippen LogP contribution in [0.5, 0.6) is 0 Å². The van der Waals surface area contributed by atoms with Crippen molar-refractivity contribution >= 4 is 39.1 Å². The summed E-state index contributed by atoms with van der Waals surface area (Å²) in [5, 5.41) is 6.44. The molecule has 21 heavy (non-hydrogen) atoms. The highest BCUT2D eigenvalue weighted by Crippen LogP contribution is 2.37. The molecule has 0 fully saturated rings. The van der Waals surface area contributed by atoms with Gasteiger partial charge in [0.15, 0.2) is 0 Å². The minimum atomic E-state index is 0.494. The van der Waals surface area contributed by atoms with Crippen molar-refractivity contribution in [2.75, 3.05) is 12.4 Å². The molecule has 0 aliphatic heterocycles. The Hall–Kier alpha value is -1.65. The molecule has 0 atom stereocenters. The van der Waals surface area contributed by atoms with Crippen LogP contribution in [0.4, 0.5) is 5.95 Å². The van der Waals surface area contributed by atoms with Crippen molar-refractivity contribution in [2.24, 2.45) is 0 Å². The minimum absolute atomic E-state index is 0.494. The van der Waals surface area contributed by atoms with Crippen molar-refractivity contribution in [2.45, 2.75) is 19.8 Å². The highest BCUT2D eigenvalue weighted by Gasteiger charge is 2.14. The number of thiophene rings is 1. The van der Waals surface area contributed by atoms with Gasteiger partial charge in [0, 0.05) is 18.0 Å². The van der Waals surface area contributed by atoms with E-state index >= 15 is 0 Å². The van der Waals surface area contributed by atoms with Gasteiger partial charge in [-0.15, -0.1) is 11.3 Å². The van der Waals surface area contributed by atoms with E-state index in [9.17, 15) is 0 Å². The van der Waals surface area contributed by atoms with Gasteiger partial charge in [0.25, 0.3) is 0 Å². The fraction of sp³-hybridized carbons (Fsp3) is 0.250. The third-order valence-electron chi connectivity index (χ3n) is 3.50. The Morgan fingerprint density at radius 2 is 1.86 bits per heavy atom. The van der Waals surface area contributed by atoms with E-state index in [2.05, 4.69) is 58.8 Å². The summed E-state index contributed by atoms with van der Waals surface area (Å²) in [7, 11) is 1.79. The van der Waals surface area contributed by atoms with E-state index in [1.54, 1.807) is 18.4 Å². The molecular formula is C16H16ClN3S. The zero-order chi connectivity index (χ0) is 15.0. The predicted molar refractivity (Wildman–Crippen MR) is 91.5 cm³/mol. The summed E-state index contributed by atoms with van der Waals surface area (Å²) in [6.07, 6.45) is 0. The van der Waals surface area contributed by atoms with Gasteiger partial charge < -0.3 is 5.32 Å². The molecule has 0 saturated carbocycles. The molecule has 0 saturated heterocycles. The molecule has 0 amide bonds. The highest BCUT2D eigenvalue weighted by atomic mass is 35.5. The quantitative estimate of drug-likeness (QED) is 0.677. The van der Waals surface area contributed by atoms with E-state index < -0.39 is 0 Å². The van der Waals surface area contributed by atoms with Crippen LogP contribution in [0, 0.1) is 0 Å². The lowest BCUT2D eigenvalue weighted by molar-refractivity contribution is 0.867. The van der Waals surface area contributed by atoms with E-state index in [0.29, 0.717) is 17.0 Å². The number of nitrogens with one attached hydrogen (secondary N) is 1. The summed E-state index contributed by atoms with van der Waals surface area (Å²) in [5.41, 5.74) is 3.57. The van der Waals surface area contributed by atoms with Gasteiger partial charge in [0.1, 0.15) is 9.98 Å². The topological polar surface area (TPSA) is 37.8 Å².